The van der Waals surface area contributed by atoms with E-state index in [1.165, 1.54) is 6.42 Å². The van der Waals surface area contributed by atoms with Gasteiger partial charge in [0.05, 0.1) is 0 Å². The largest absolute Gasteiger partial charge is 0.342 e. The minimum Gasteiger partial charge on any atom is -0.342 e. The van der Waals surface area contributed by atoms with E-state index >= 15 is 0 Å². The Morgan fingerprint density at radius 2 is 1.55 bits per heavy atom. The molecule has 0 aromatic rings. The van der Waals surface area contributed by atoms with Crippen molar-refractivity contribution in [3.63, 3.8) is 0 Å². The van der Waals surface area contributed by atoms with E-state index in [4.69, 9.17) is 0 Å². The fourth-order valence-electron chi connectivity index (χ4n) is 4.72. The van der Waals surface area contributed by atoms with Crippen LogP contribution in [0.4, 0.5) is 0 Å². The van der Waals surface area contributed by atoms with Crippen molar-refractivity contribution in [2.75, 3.05) is 33.2 Å². The van der Waals surface area contributed by atoms with Gasteiger partial charge in [-0.05, 0) is 77.4 Å². The maximum absolute atomic E-state index is 12.7. The molecule has 3 rings (SSSR count). The van der Waals surface area contributed by atoms with Crippen LogP contribution in [0.2, 0.25) is 0 Å². The average molecular weight is 306 g/mol. The second kappa shape index (κ2) is 6.31. The number of ketones is 1. The smallest absolute Gasteiger partial charge is 0.225 e. The maximum Gasteiger partial charge on any atom is 0.225 e. The van der Waals surface area contributed by atoms with Crippen LogP contribution >= 0.6 is 0 Å². The normalized spacial score (nSPS) is 29.9. The van der Waals surface area contributed by atoms with Crippen LogP contribution in [0.5, 0.6) is 0 Å². The van der Waals surface area contributed by atoms with Gasteiger partial charge >= 0.3 is 0 Å². The molecule has 1 atom stereocenters. The number of hydrogen-bond donors (Lipinski definition) is 0. The molecule has 4 heteroatoms. The Morgan fingerprint density at radius 3 is 2.09 bits per heavy atom. The zero-order valence-corrected chi connectivity index (χ0v) is 14.1. The number of carbonyl (C=O) groups is 2. The Labute approximate surface area is 134 Å². The average Bonchev–Trinajstić information content (AvgIpc) is 2.92. The predicted octanol–water partition coefficient (Wildman–Crippen LogP) is 2.33. The Kier molecular flexibility index (Phi) is 4.58. The highest BCUT2D eigenvalue weighted by Crippen LogP contribution is 2.49. The fourth-order valence-corrected chi connectivity index (χ4v) is 4.72. The van der Waals surface area contributed by atoms with Crippen molar-refractivity contribution >= 4 is 11.7 Å². The first-order chi connectivity index (χ1) is 10.5. The van der Waals surface area contributed by atoms with Gasteiger partial charge in [0.15, 0.2) is 0 Å². The van der Waals surface area contributed by atoms with Crippen molar-refractivity contribution < 1.29 is 9.59 Å². The Balaban J connectivity index is 1.51. The molecule has 22 heavy (non-hydrogen) atoms. The van der Waals surface area contributed by atoms with Crippen molar-refractivity contribution in [3.05, 3.63) is 0 Å². The number of likely N-dealkylation sites (tertiary alicyclic amines) is 2. The molecule has 0 aromatic heterocycles. The van der Waals surface area contributed by atoms with Crippen molar-refractivity contribution in [1.82, 2.24) is 9.80 Å². The quantitative estimate of drug-likeness (QED) is 0.786. The van der Waals surface area contributed by atoms with Gasteiger partial charge in [0, 0.05) is 24.9 Å². The third-order valence-corrected chi connectivity index (χ3v) is 6.48. The van der Waals surface area contributed by atoms with Crippen LogP contribution in [-0.2, 0) is 9.59 Å². The summed E-state index contributed by atoms with van der Waals surface area (Å²) in [6.07, 6.45) is 7.57. The van der Waals surface area contributed by atoms with Crippen molar-refractivity contribution in [2.45, 2.75) is 51.9 Å². The van der Waals surface area contributed by atoms with Crippen LogP contribution in [0.25, 0.3) is 0 Å². The number of nitrogens with zero attached hydrogens (tertiary/aromatic N) is 2. The van der Waals surface area contributed by atoms with Gasteiger partial charge in [-0.2, -0.15) is 0 Å². The SMILES string of the molecule is CC(=O)C1CCC2(CCN(C(=O)C3CCN(C)CC3)CC2)C1. The predicted molar refractivity (Wildman–Crippen MR) is 86.5 cm³/mol. The molecule has 4 nitrogen and oxygen atoms in total. The number of piperidine rings is 2. The van der Waals surface area contributed by atoms with Crippen molar-refractivity contribution in [2.24, 2.45) is 17.3 Å². The summed E-state index contributed by atoms with van der Waals surface area (Å²) in [7, 11) is 2.14. The van der Waals surface area contributed by atoms with Crippen LogP contribution in [0, 0.1) is 17.3 Å². The van der Waals surface area contributed by atoms with E-state index in [1.807, 2.05) is 0 Å². The first-order valence-electron chi connectivity index (χ1n) is 8.97. The van der Waals surface area contributed by atoms with Crippen LogP contribution in [0.1, 0.15) is 51.9 Å². The molecule has 0 bridgehead atoms. The summed E-state index contributed by atoms with van der Waals surface area (Å²) in [5.41, 5.74) is 0.361. The summed E-state index contributed by atoms with van der Waals surface area (Å²) in [5.74, 6) is 1.29. The van der Waals surface area contributed by atoms with E-state index in [0.717, 1.165) is 64.7 Å². The fraction of sp³-hybridized carbons (Fsp3) is 0.889. The molecule has 0 N–H and O–H groups in total. The van der Waals surface area contributed by atoms with Crippen LogP contribution in [0.3, 0.4) is 0 Å². The lowest BCUT2D eigenvalue weighted by Crippen LogP contribution is -2.47. The third kappa shape index (κ3) is 3.22. The number of hydrogen-bond acceptors (Lipinski definition) is 3. The van der Waals surface area contributed by atoms with Crippen LogP contribution in [0.15, 0.2) is 0 Å². The van der Waals surface area contributed by atoms with Gasteiger partial charge < -0.3 is 9.80 Å². The molecular weight excluding hydrogens is 276 g/mol. The molecule has 3 aliphatic rings. The topological polar surface area (TPSA) is 40.6 Å². The van der Waals surface area contributed by atoms with E-state index in [0.29, 0.717) is 17.1 Å². The van der Waals surface area contributed by atoms with Crippen molar-refractivity contribution in [1.29, 1.82) is 0 Å². The lowest BCUT2D eigenvalue weighted by atomic mass is 9.76. The highest BCUT2D eigenvalue weighted by Gasteiger charge is 2.43. The summed E-state index contributed by atoms with van der Waals surface area (Å²) in [6, 6.07) is 0. The summed E-state index contributed by atoms with van der Waals surface area (Å²) in [4.78, 5) is 28.7. The standard InChI is InChI=1S/C18H30N2O2/c1-14(21)16-3-6-18(13-16)7-11-20(12-8-18)17(22)15-4-9-19(2)10-5-15/h15-16H,3-13H2,1-2H3. The van der Waals surface area contributed by atoms with E-state index in [2.05, 4.69) is 16.8 Å². The summed E-state index contributed by atoms with van der Waals surface area (Å²) in [6.45, 7) is 5.66. The van der Waals surface area contributed by atoms with E-state index in [-0.39, 0.29) is 11.8 Å². The highest BCUT2D eigenvalue weighted by atomic mass is 16.2. The number of amides is 1. The molecule has 2 aliphatic heterocycles. The molecule has 1 aliphatic carbocycles. The second-order valence-electron chi connectivity index (χ2n) is 7.95. The van der Waals surface area contributed by atoms with Gasteiger partial charge in [0.2, 0.25) is 5.91 Å². The molecule has 1 spiro atoms. The van der Waals surface area contributed by atoms with E-state index in [1.54, 1.807) is 6.92 Å². The molecule has 1 unspecified atom stereocenters. The minimum absolute atomic E-state index is 0.249. The maximum atomic E-state index is 12.7. The van der Waals surface area contributed by atoms with Gasteiger partial charge in [-0.3, -0.25) is 9.59 Å². The van der Waals surface area contributed by atoms with E-state index < -0.39 is 0 Å². The van der Waals surface area contributed by atoms with Gasteiger partial charge in [-0.15, -0.1) is 0 Å². The van der Waals surface area contributed by atoms with Gasteiger partial charge in [-0.1, -0.05) is 0 Å². The van der Waals surface area contributed by atoms with Crippen LogP contribution in [-0.4, -0.2) is 54.7 Å². The third-order valence-electron chi connectivity index (χ3n) is 6.48. The van der Waals surface area contributed by atoms with Crippen molar-refractivity contribution in [3.8, 4) is 0 Å². The number of rotatable bonds is 2. The van der Waals surface area contributed by atoms with Gasteiger partial charge in [0.1, 0.15) is 5.78 Å². The Bertz CT molecular complexity index is 432. The zero-order valence-electron chi connectivity index (χ0n) is 14.1. The minimum atomic E-state index is 0.249. The summed E-state index contributed by atoms with van der Waals surface area (Å²) in [5, 5.41) is 0. The summed E-state index contributed by atoms with van der Waals surface area (Å²) < 4.78 is 0. The van der Waals surface area contributed by atoms with E-state index in [9.17, 15) is 9.59 Å². The van der Waals surface area contributed by atoms with Gasteiger partial charge in [-0.25, -0.2) is 0 Å². The first-order valence-corrected chi connectivity index (χ1v) is 8.97. The Hall–Kier alpha value is -0.900. The molecule has 0 aromatic carbocycles. The molecule has 1 amide bonds. The molecule has 1 saturated carbocycles. The molecule has 2 heterocycles. The zero-order chi connectivity index (χ0) is 15.7. The molecule has 3 fully saturated rings. The Morgan fingerprint density at radius 1 is 0.909 bits per heavy atom. The lowest BCUT2D eigenvalue weighted by Gasteiger charge is -2.41. The monoisotopic (exact) mass is 306 g/mol. The molecular formula is C18H30N2O2. The molecule has 2 saturated heterocycles. The highest BCUT2D eigenvalue weighted by molar-refractivity contribution is 5.79. The number of Topliss-reactive ketones (excluding diaryl/α,β-unsaturated/α-hetero) is 1. The lowest BCUT2D eigenvalue weighted by molar-refractivity contribution is -0.139. The molecule has 0 radical (unpaired) electrons. The second-order valence-corrected chi connectivity index (χ2v) is 7.95. The molecule has 124 valence electrons. The van der Waals surface area contributed by atoms with Crippen LogP contribution < -0.4 is 0 Å². The number of carbonyl (C=O) groups excluding carboxylic acids is 2. The summed E-state index contributed by atoms with van der Waals surface area (Å²) >= 11 is 0. The van der Waals surface area contributed by atoms with Gasteiger partial charge in [0.25, 0.3) is 0 Å². The first kappa shape index (κ1) is 16.0.